The van der Waals surface area contributed by atoms with E-state index < -0.39 is 5.97 Å². The molecule has 1 rings (SSSR count). The van der Waals surface area contributed by atoms with E-state index in [9.17, 15) is 9.90 Å². The molecule has 0 bridgehead atoms. The zero-order chi connectivity index (χ0) is 12.0. The molecule has 0 aliphatic rings. The second kappa shape index (κ2) is 6.43. The first-order chi connectivity index (χ1) is 7.66. The molecule has 1 aromatic carbocycles. The van der Waals surface area contributed by atoms with E-state index in [-0.39, 0.29) is 11.3 Å². The Morgan fingerprint density at radius 2 is 2.12 bits per heavy atom. The highest BCUT2D eigenvalue weighted by molar-refractivity contribution is 7.99. The van der Waals surface area contributed by atoms with E-state index in [0.29, 0.717) is 4.90 Å². The van der Waals surface area contributed by atoms with Crippen LogP contribution in [-0.4, -0.2) is 21.9 Å². The Balaban J connectivity index is 2.73. The normalized spacial score (nSPS) is 10.3. The van der Waals surface area contributed by atoms with Crippen LogP contribution >= 0.6 is 11.8 Å². The number of phenolic OH excluding ortho intramolecular Hbond substituents is 1. The molecule has 0 fully saturated rings. The van der Waals surface area contributed by atoms with Gasteiger partial charge in [0.05, 0.1) is 10.5 Å². The third-order valence-corrected chi connectivity index (χ3v) is 3.43. The van der Waals surface area contributed by atoms with E-state index >= 15 is 0 Å². The molecule has 0 aromatic heterocycles. The number of carbonyl (C=O) groups is 1. The molecule has 16 heavy (non-hydrogen) atoms. The van der Waals surface area contributed by atoms with Gasteiger partial charge in [0.1, 0.15) is 5.75 Å². The number of aromatic carboxylic acids is 1. The Labute approximate surface area is 99.5 Å². The zero-order valence-electron chi connectivity index (χ0n) is 9.27. The van der Waals surface area contributed by atoms with Crippen LogP contribution in [0.4, 0.5) is 0 Å². The minimum atomic E-state index is -0.992. The van der Waals surface area contributed by atoms with Gasteiger partial charge in [-0.3, -0.25) is 0 Å². The van der Waals surface area contributed by atoms with Gasteiger partial charge in [-0.2, -0.15) is 0 Å². The smallest absolute Gasteiger partial charge is 0.336 e. The fourth-order valence-corrected chi connectivity index (χ4v) is 2.45. The van der Waals surface area contributed by atoms with E-state index in [1.807, 2.05) is 0 Å². The Kier molecular flexibility index (Phi) is 5.19. The number of benzene rings is 1. The van der Waals surface area contributed by atoms with E-state index in [4.69, 9.17) is 5.11 Å². The van der Waals surface area contributed by atoms with Crippen LogP contribution in [0.1, 0.15) is 36.5 Å². The monoisotopic (exact) mass is 240 g/mol. The van der Waals surface area contributed by atoms with Gasteiger partial charge in [-0.25, -0.2) is 4.79 Å². The van der Waals surface area contributed by atoms with Crippen LogP contribution in [0.2, 0.25) is 0 Å². The molecule has 1 aromatic rings. The van der Waals surface area contributed by atoms with Gasteiger partial charge in [-0.15, -0.1) is 11.8 Å². The second-order valence-electron chi connectivity index (χ2n) is 3.51. The maximum atomic E-state index is 10.9. The van der Waals surface area contributed by atoms with Crippen molar-refractivity contribution in [3.63, 3.8) is 0 Å². The van der Waals surface area contributed by atoms with Crippen LogP contribution in [0.25, 0.3) is 0 Å². The number of aromatic hydroxyl groups is 1. The molecule has 2 N–H and O–H groups in total. The predicted molar refractivity (Wildman–Crippen MR) is 65.3 cm³/mol. The van der Waals surface area contributed by atoms with Crippen molar-refractivity contribution in [2.24, 2.45) is 0 Å². The fraction of sp³-hybridized carbons (Fsp3) is 0.417. The van der Waals surface area contributed by atoms with Gasteiger partial charge in [-0.1, -0.05) is 25.8 Å². The van der Waals surface area contributed by atoms with Gasteiger partial charge in [0.25, 0.3) is 0 Å². The molecule has 4 heteroatoms. The molecule has 0 aliphatic carbocycles. The average molecular weight is 240 g/mol. The third kappa shape index (κ3) is 3.45. The first-order valence-corrected chi connectivity index (χ1v) is 6.33. The Morgan fingerprint density at radius 1 is 1.38 bits per heavy atom. The SMILES string of the molecule is CCCCCSc1c(O)cccc1C(=O)O. The number of rotatable bonds is 6. The van der Waals surface area contributed by atoms with Crippen LogP contribution in [0.3, 0.4) is 0 Å². The van der Waals surface area contributed by atoms with E-state index in [2.05, 4.69) is 6.92 Å². The zero-order valence-corrected chi connectivity index (χ0v) is 10.1. The predicted octanol–water partition coefficient (Wildman–Crippen LogP) is 3.37. The van der Waals surface area contributed by atoms with Crippen molar-refractivity contribution in [1.82, 2.24) is 0 Å². The van der Waals surface area contributed by atoms with E-state index in [1.165, 1.54) is 23.9 Å². The fourth-order valence-electron chi connectivity index (χ4n) is 1.37. The molecule has 3 nitrogen and oxygen atoms in total. The summed E-state index contributed by atoms with van der Waals surface area (Å²) in [5.41, 5.74) is 0.182. The first-order valence-electron chi connectivity index (χ1n) is 5.35. The average Bonchev–Trinajstić information content (AvgIpc) is 2.25. The Hall–Kier alpha value is -1.16. The van der Waals surface area contributed by atoms with Crippen LogP contribution in [0, 0.1) is 0 Å². The lowest BCUT2D eigenvalue weighted by atomic mass is 10.2. The lowest BCUT2D eigenvalue weighted by Crippen LogP contribution is -1.99. The number of thioether (sulfide) groups is 1. The standard InChI is InChI=1S/C12H16O3S/c1-2-3-4-8-16-11-9(12(14)15)6-5-7-10(11)13/h5-7,13H,2-4,8H2,1H3,(H,14,15). The summed E-state index contributed by atoms with van der Waals surface area (Å²) in [4.78, 5) is 11.4. The van der Waals surface area contributed by atoms with Gasteiger partial charge >= 0.3 is 5.97 Å². The number of phenols is 1. The summed E-state index contributed by atoms with van der Waals surface area (Å²) < 4.78 is 0. The van der Waals surface area contributed by atoms with Crippen molar-refractivity contribution < 1.29 is 15.0 Å². The molecule has 0 spiro atoms. The van der Waals surface area contributed by atoms with Gasteiger partial charge in [-0.05, 0) is 24.3 Å². The van der Waals surface area contributed by atoms with Crippen molar-refractivity contribution in [3.05, 3.63) is 23.8 Å². The number of carboxylic acid groups (broad SMARTS) is 1. The largest absolute Gasteiger partial charge is 0.507 e. The van der Waals surface area contributed by atoms with Crippen LogP contribution < -0.4 is 0 Å². The molecule has 0 unspecified atom stereocenters. The van der Waals surface area contributed by atoms with Crippen LogP contribution in [0.5, 0.6) is 5.75 Å². The maximum absolute atomic E-state index is 10.9. The highest BCUT2D eigenvalue weighted by Gasteiger charge is 2.13. The maximum Gasteiger partial charge on any atom is 0.336 e. The molecule has 0 heterocycles. The number of carboxylic acids is 1. The molecule has 0 saturated carbocycles. The van der Waals surface area contributed by atoms with Crippen LogP contribution in [0.15, 0.2) is 23.1 Å². The summed E-state index contributed by atoms with van der Waals surface area (Å²) in [6, 6.07) is 4.59. The number of hydrogen-bond acceptors (Lipinski definition) is 3. The molecule has 88 valence electrons. The number of hydrogen-bond donors (Lipinski definition) is 2. The quantitative estimate of drug-likeness (QED) is 0.591. The van der Waals surface area contributed by atoms with Gasteiger partial charge in [0, 0.05) is 0 Å². The highest BCUT2D eigenvalue weighted by atomic mass is 32.2. The van der Waals surface area contributed by atoms with Crippen molar-refractivity contribution in [1.29, 1.82) is 0 Å². The molecule has 0 atom stereocenters. The molecular formula is C12H16O3S. The summed E-state index contributed by atoms with van der Waals surface area (Å²) >= 11 is 1.41. The Morgan fingerprint density at radius 3 is 2.75 bits per heavy atom. The topological polar surface area (TPSA) is 57.5 Å². The van der Waals surface area contributed by atoms with Gasteiger partial charge < -0.3 is 10.2 Å². The van der Waals surface area contributed by atoms with Crippen molar-refractivity contribution in [2.75, 3.05) is 5.75 Å². The molecule has 0 saturated heterocycles. The first kappa shape index (κ1) is 12.9. The summed E-state index contributed by atoms with van der Waals surface area (Å²) in [6.07, 6.45) is 3.30. The summed E-state index contributed by atoms with van der Waals surface area (Å²) in [5.74, 6) is -0.0959. The van der Waals surface area contributed by atoms with E-state index in [1.54, 1.807) is 6.07 Å². The van der Waals surface area contributed by atoms with E-state index in [0.717, 1.165) is 25.0 Å². The van der Waals surface area contributed by atoms with Gasteiger partial charge in [0.2, 0.25) is 0 Å². The summed E-state index contributed by atoms with van der Waals surface area (Å²) in [5, 5.41) is 18.6. The van der Waals surface area contributed by atoms with Crippen molar-refractivity contribution in [3.8, 4) is 5.75 Å². The Bertz CT molecular complexity index is 363. The molecule has 0 radical (unpaired) electrons. The van der Waals surface area contributed by atoms with Gasteiger partial charge in [0.15, 0.2) is 0 Å². The molecular weight excluding hydrogens is 224 g/mol. The number of unbranched alkanes of at least 4 members (excludes halogenated alkanes) is 2. The van der Waals surface area contributed by atoms with Crippen LogP contribution in [-0.2, 0) is 0 Å². The van der Waals surface area contributed by atoms with Crippen molar-refractivity contribution in [2.45, 2.75) is 31.1 Å². The lowest BCUT2D eigenvalue weighted by Gasteiger charge is -2.07. The summed E-state index contributed by atoms with van der Waals surface area (Å²) in [7, 11) is 0. The van der Waals surface area contributed by atoms with Crippen molar-refractivity contribution >= 4 is 17.7 Å². The molecule has 0 amide bonds. The minimum Gasteiger partial charge on any atom is -0.507 e. The molecule has 0 aliphatic heterocycles. The summed E-state index contributed by atoms with van der Waals surface area (Å²) in [6.45, 7) is 2.12. The second-order valence-corrected chi connectivity index (χ2v) is 4.62. The highest BCUT2D eigenvalue weighted by Crippen LogP contribution is 2.32. The minimum absolute atomic E-state index is 0.0569. The third-order valence-electron chi connectivity index (χ3n) is 2.22. The lowest BCUT2D eigenvalue weighted by molar-refractivity contribution is 0.0692.